The van der Waals surface area contributed by atoms with Gasteiger partial charge in [-0.05, 0) is 5.56 Å². The number of piperidine rings is 1. The van der Waals surface area contributed by atoms with E-state index in [0.717, 1.165) is 37.2 Å². The van der Waals surface area contributed by atoms with Crippen LogP contribution in [0.25, 0.3) is 0 Å². The van der Waals surface area contributed by atoms with Gasteiger partial charge in [-0.15, -0.1) is 0 Å². The van der Waals surface area contributed by atoms with Crippen molar-refractivity contribution in [2.45, 2.75) is 18.9 Å². The summed E-state index contributed by atoms with van der Waals surface area (Å²) in [6, 6.07) is 9.70. The van der Waals surface area contributed by atoms with Crippen molar-refractivity contribution in [2.75, 3.05) is 19.6 Å². The van der Waals surface area contributed by atoms with E-state index < -0.39 is 6.10 Å². The Morgan fingerprint density at radius 1 is 1.18 bits per heavy atom. The lowest BCUT2D eigenvalue weighted by molar-refractivity contribution is 0.112. The minimum Gasteiger partial charge on any atom is -0.411 e. The highest BCUT2D eigenvalue weighted by Crippen LogP contribution is 2.16. The van der Waals surface area contributed by atoms with E-state index in [4.69, 9.17) is 5.21 Å². The molecule has 0 unspecified atom stereocenters. The summed E-state index contributed by atoms with van der Waals surface area (Å²) < 4.78 is 0. The molecule has 1 aliphatic rings. The smallest absolute Gasteiger partial charge is 0.0916 e. The zero-order valence-corrected chi connectivity index (χ0v) is 9.79. The number of aliphatic hydroxyl groups excluding tert-OH is 1. The van der Waals surface area contributed by atoms with Crippen LogP contribution in [0.5, 0.6) is 0 Å². The molecule has 1 heterocycles. The third-order valence-corrected chi connectivity index (χ3v) is 3.19. The molecular formula is C13H18N2O2. The number of oxime groups is 1. The van der Waals surface area contributed by atoms with Crippen molar-refractivity contribution in [3.8, 4) is 0 Å². The maximum atomic E-state index is 10.1. The maximum Gasteiger partial charge on any atom is 0.0916 e. The van der Waals surface area contributed by atoms with Crippen LogP contribution in [-0.2, 0) is 0 Å². The third-order valence-electron chi connectivity index (χ3n) is 3.19. The number of hydrogen-bond donors (Lipinski definition) is 2. The SMILES string of the molecule is ON=C1CCN(C[C@@H](O)c2ccccc2)CC1. The standard InChI is InChI=1S/C13H18N2O2/c16-13(11-4-2-1-3-5-11)10-15-8-6-12(14-17)7-9-15/h1-5,13,16-17H,6-10H2/t13-/m1/s1. The molecule has 4 heteroatoms. The fourth-order valence-corrected chi connectivity index (χ4v) is 2.12. The van der Waals surface area contributed by atoms with Crippen LogP contribution < -0.4 is 0 Å². The Morgan fingerprint density at radius 3 is 2.41 bits per heavy atom. The van der Waals surface area contributed by atoms with Crippen LogP contribution in [0.2, 0.25) is 0 Å². The van der Waals surface area contributed by atoms with Gasteiger partial charge in [0.15, 0.2) is 0 Å². The first kappa shape index (κ1) is 12.1. The van der Waals surface area contributed by atoms with Crippen molar-refractivity contribution < 1.29 is 10.3 Å². The van der Waals surface area contributed by atoms with Crippen LogP contribution in [0.1, 0.15) is 24.5 Å². The molecule has 0 aromatic heterocycles. The number of likely N-dealkylation sites (tertiary alicyclic amines) is 1. The average molecular weight is 234 g/mol. The summed E-state index contributed by atoms with van der Waals surface area (Å²) >= 11 is 0. The minimum absolute atomic E-state index is 0.441. The first-order valence-electron chi connectivity index (χ1n) is 5.95. The molecule has 1 aromatic rings. The predicted molar refractivity (Wildman–Crippen MR) is 66.3 cm³/mol. The van der Waals surface area contributed by atoms with Gasteiger partial charge >= 0.3 is 0 Å². The number of benzene rings is 1. The van der Waals surface area contributed by atoms with Gasteiger partial charge in [0.1, 0.15) is 0 Å². The average Bonchev–Trinajstić information content (AvgIpc) is 2.40. The molecular weight excluding hydrogens is 216 g/mol. The molecule has 0 bridgehead atoms. The van der Waals surface area contributed by atoms with Crippen molar-refractivity contribution in [1.29, 1.82) is 0 Å². The summed E-state index contributed by atoms with van der Waals surface area (Å²) in [6.45, 7) is 2.34. The lowest BCUT2D eigenvalue weighted by atomic mass is 10.1. The van der Waals surface area contributed by atoms with Crippen LogP contribution in [0.15, 0.2) is 35.5 Å². The Morgan fingerprint density at radius 2 is 1.82 bits per heavy atom. The fraction of sp³-hybridized carbons (Fsp3) is 0.462. The van der Waals surface area contributed by atoms with Gasteiger partial charge in [-0.2, -0.15) is 0 Å². The van der Waals surface area contributed by atoms with E-state index in [9.17, 15) is 5.11 Å². The summed E-state index contributed by atoms with van der Waals surface area (Å²) in [5.41, 5.74) is 1.81. The highest BCUT2D eigenvalue weighted by atomic mass is 16.4. The first-order chi connectivity index (χ1) is 8.29. The molecule has 17 heavy (non-hydrogen) atoms. The summed E-state index contributed by atoms with van der Waals surface area (Å²) in [5, 5.41) is 22.0. The van der Waals surface area contributed by atoms with E-state index in [1.54, 1.807) is 0 Å². The normalized spacial score (nSPS) is 19.0. The monoisotopic (exact) mass is 234 g/mol. The fourth-order valence-electron chi connectivity index (χ4n) is 2.12. The largest absolute Gasteiger partial charge is 0.411 e. The Kier molecular flexibility index (Phi) is 4.12. The summed E-state index contributed by atoms with van der Waals surface area (Å²) in [5.74, 6) is 0. The van der Waals surface area contributed by atoms with Gasteiger partial charge in [-0.3, -0.25) is 4.90 Å². The van der Waals surface area contributed by atoms with Crippen LogP contribution in [0.3, 0.4) is 0 Å². The van der Waals surface area contributed by atoms with Gasteiger partial charge < -0.3 is 10.3 Å². The second-order valence-electron chi connectivity index (χ2n) is 4.39. The van der Waals surface area contributed by atoms with Crippen LogP contribution >= 0.6 is 0 Å². The van der Waals surface area contributed by atoms with Crippen molar-refractivity contribution in [3.63, 3.8) is 0 Å². The topological polar surface area (TPSA) is 56.1 Å². The molecule has 1 fully saturated rings. The van der Waals surface area contributed by atoms with Gasteiger partial charge in [0.05, 0.1) is 11.8 Å². The number of β-amino-alcohol motifs (C(OH)–C–C–N with tert-alkyl or cyclic N) is 1. The van der Waals surface area contributed by atoms with Crippen LogP contribution in [0.4, 0.5) is 0 Å². The molecule has 0 amide bonds. The number of nitrogens with zero attached hydrogens (tertiary/aromatic N) is 2. The molecule has 2 N–H and O–H groups in total. The van der Waals surface area contributed by atoms with Crippen molar-refractivity contribution >= 4 is 5.71 Å². The molecule has 2 rings (SSSR count). The molecule has 4 nitrogen and oxygen atoms in total. The predicted octanol–water partition coefficient (Wildman–Crippen LogP) is 1.65. The van der Waals surface area contributed by atoms with E-state index in [1.807, 2.05) is 30.3 Å². The molecule has 1 atom stereocenters. The van der Waals surface area contributed by atoms with E-state index >= 15 is 0 Å². The molecule has 1 aromatic carbocycles. The quantitative estimate of drug-likeness (QED) is 0.617. The highest BCUT2D eigenvalue weighted by Gasteiger charge is 2.18. The molecule has 92 valence electrons. The lowest BCUT2D eigenvalue weighted by Crippen LogP contribution is -2.36. The van der Waals surface area contributed by atoms with Crippen molar-refractivity contribution in [3.05, 3.63) is 35.9 Å². The number of hydrogen-bond acceptors (Lipinski definition) is 4. The molecule has 1 saturated heterocycles. The third kappa shape index (κ3) is 3.28. The van der Waals surface area contributed by atoms with Gasteiger partial charge in [0.2, 0.25) is 0 Å². The Balaban J connectivity index is 1.86. The Labute approximate surface area is 101 Å². The van der Waals surface area contributed by atoms with Crippen LogP contribution in [0, 0.1) is 0 Å². The van der Waals surface area contributed by atoms with Crippen molar-refractivity contribution in [1.82, 2.24) is 4.90 Å². The summed E-state index contributed by atoms with van der Waals surface area (Å²) in [6.07, 6.45) is 1.14. The molecule has 0 spiro atoms. The summed E-state index contributed by atoms with van der Waals surface area (Å²) in [7, 11) is 0. The lowest BCUT2D eigenvalue weighted by Gasteiger charge is -2.28. The van der Waals surface area contributed by atoms with E-state index in [1.165, 1.54) is 0 Å². The summed E-state index contributed by atoms with van der Waals surface area (Å²) in [4.78, 5) is 2.20. The number of aliphatic hydroxyl groups is 1. The van der Waals surface area contributed by atoms with Gasteiger partial charge in [-0.25, -0.2) is 0 Å². The van der Waals surface area contributed by atoms with Gasteiger partial charge in [0.25, 0.3) is 0 Å². The van der Waals surface area contributed by atoms with Gasteiger partial charge in [-0.1, -0.05) is 35.5 Å². The zero-order chi connectivity index (χ0) is 12.1. The Hall–Kier alpha value is -1.39. The first-order valence-corrected chi connectivity index (χ1v) is 5.95. The van der Waals surface area contributed by atoms with E-state index in [2.05, 4.69) is 10.1 Å². The minimum atomic E-state index is -0.441. The molecule has 0 radical (unpaired) electrons. The second kappa shape index (κ2) is 5.80. The van der Waals surface area contributed by atoms with E-state index in [0.29, 0.717) is 6.54 Å². The highest BCUT2D eigenvalue weighted by molar-refractivity contribution is 5.84. The molecule has 0 saturated carbocycles. The van der Waals surface area contributed by atoms with Crippen LogP contribution in [-0.4, -0.2) is 40.6 Å². The molecule has 0 aliphatic carbocycles. The molecule has 1 aliphatic heterocycles. The van der Waals surface area contributed by atoms with Gasteiger partial charge in [0, 0.05) is 32.5 Å². The Bertz CT molecular complexity index is 368. The number of rotatable bonds is 3. The maximum absolute atomic E-state index is 10.1. The zero-order valence-electron chi connectivity index (χ0n) is 9.79. The second-order valence-corrected chi connectivity index (χ2v) is 4.39. The van der Waals surface area contributed by atoms with Crippen molar-refractivity contribution in [2.24, 2.45) is 5.16 Å². The van der Waals surface area contributed by atoms with E-state index in [-0.39, 0.29) is 0 Å².